The third-order valence-corrected chi connectivity index (χ3v) is 5.85. The lowest BCUT2D eigenvalue weighted by molar-refractivity contribution is 0.378. The first-order valence-electron chi connectivity index (χ1n) is 10.4. The molecule has 8 heteroatoms. The van der Waals surface area contributed by atoms with E-state index in [1.807, 2.05) is 56.3 Å². The quantitative estimate of drug-likeness (QED) is 0.553. The predicted molar refractivity (Wildman–Crippen MR) is 121 cm³/mol. The van der Waals surface area contributed by atoms with Crippen LogP contribution >= 0.6 is 0 Å². The number of anilines is 1. The van der Waals surface area contributed by atoms with Crippen molar-refractivity contribution in [1.29, 1.82) is 0 Å². The maximum absolute atomic E-state index is 13.3. The van der Waals surface area contributed by atoms with Crippen LogP contribution in [0, 0.1) is 13.8 Å². The maximum Gasteiger partial charge on any atom is 0.353 e. The molecular weight excluding hydrogens is 390 g/mol. The van der Waals surface area contributed by atoms with Gasteiger partial charge < -0.3 is 10.6 Å². The van der Waals surface area contributed by atoms with E-state index in [9.17, 15) is 4.79 Å². The molecule has 2 N–H and O–H groups in total. The third kappa shape index (κ3) is 3.29. The van der Waals surface area contributed by atoms with Crippen LogP contribution in [0.5, 0.6) is 0 Å². The molecule has 1 aromatic carbocycles. The van der Waals surface area contributed by atoms with E-state index in [-0.39, 0.29) is 17.7 Å². The van der Waals surface area contributed by atoms with Crippen molar-refractivity contribution in [2.45, 2.75) is 26.3 Å². The summed E-state index contributed by atoms with van der Waals surface area (Å²) in [4.78, 5) is 24.7. The number of nitrogen functional groups attached to an aromatic ring is 1. The van der Waals surface area contributed by atoms with Crippen molar-refractivity contribution in [2.75, 3.05) is 25.9 Å². The van der Waals surface area contributed by atoms with Crippen LogP contribution < -0.4 is 11.4 Å². The third-order valence-electron chi connectivity index (χ3n) is 5.85. The van der Waals surface area contributed by atoms with Crippen LogP contribution in [0.15, 0.2) is 47.3 Å². The number of likely N-dealkylation sites (N-methyl/N-ethyl adjacent to an activating group) is 1. The summed E-state index contributed by atoms with van der Waals surface area (Å²) in [5.41, 5.74) is 11.7. The lowest BCUT2D eigenvalue weighted by Gasteiger charge is -2.13. The van der Waals surface area contributed by atoms with Crippen molar-refractivity contribution in [2.24, 2.45) is 0 Å². The van der Waals surface area contributed by atoms with Crippen LogP contribution in [-0.4, -0.2) is 49.2 Å². The first-order valence-corrected chi connectivity index (χ1v) is 10.4. The van der Waals surface area contributed by atoms with Crippen molar-refractivity contribution in [1.82, 2.24) is 29.0 Å². The average molecular weight is 416 g/mol. The molecule has 0 bridgehead atoms. The summed E-state index contributed by atoms with van der Waals surface area (Å²) in [5, 5.41) is 4.81. The van der Waals surface area contributed by atoms with E-state index < -0.39 is 0 Å². The highest BCUT2D eigenvalue weighted by Gasteiger charge is 2.28. The molecule has 0 saturated carbocycles. The molecule has 1 aliphatic heterocycles. The molecule has 0 aliphatic carbocycles. The minimum absolute atomic E-state index is 0.0192. The first kappa shape index (κ1) is 19.4. The van der Waals surface area contributed by atoms with Gasteiger partial charge in [0, 0.05) is 30.0 Å². The number of nitrogens with two attached hydrogens (primary N) is 1. The number of rotatable bonds is 3. The van der Waals surface area contributed by atoms with Crippen molar-refractivity contribution in [3.05, 3.63) is 64.3 Å². The highest BCUT2D eigenvalue weighted by atomic mass is 16.2. The standard InChI is InChI=1S/C23H25N7O/c1-14-11-17(12-15(2)25-14)19-20(16-7-5-4-6-8-16)26-22(24)29-21(19)27-30(23(29)31)18-9-10-28(3)13-18/h4-8,11-12,18H,9-10,13H2,1-3H3,(H2,24,26). The minimum atomic E-state index is -0.247. The smallest absolute Gasteiger partial charge is 0.353 e. The van der Waals surface area contributed by atoms with Crippen molar-refractivity contribution in [3.8, 4) is 22.4 Å². The van der Waals surface area contributed by atoms with Crippen LogP contribution in [0.3, 0.4) is 0 Å². The summed E-state index contributed by atoms with van der Waals surface area (Å²) in [5.74, 6) is 0.141. The molecule has 3 aromatic heterocycles. The largest absolute Gasteiger partial charge is 0.369 e. The van der Waals surface area contributed by atoms with Crippen LogP contribution in [0.1, 0.15) is 23.9 Å². The summed E-state index contributed by atoms with van der Waals surface area (Å²) in [6, 6.07) is 13.9. The molecule has 4 heterocycles. The molecule has 0 radical (unpaired) electrons. The lowest BCUT2D eigenvalue weighted by atomic mass is 9.99. The lowest BCUT2D eigenvalue weighted by Crippen LogP contribution is -2.28. The van der Waals surface area contributed by atoms with Gasteiger partial charge in [0.1, 0.15) is 0 Å². The van der Waals surface area contributed by atoms with Gasteiger partial charge in [0.2, 0.25) is 5.95 Å². The van der Waals surface area contributed by atoms with Crippen LogP contribution in [0.25, 0.3) is 28.0 Å². The fourth-order valence-corrected chi connectivity index (χ4v) is 4.48. The number of hydrogen-bond acceptors (Lipinski definition) is 6. The Labute approximate surface area is 180 Å². The van der Waals surface area contributed by atoms with Crippen molar-refractivity contribution in [3.63, 3.8) is 0 Å². The van der Waals surface area contributed by atoms with Gasteiger partial charge in [0.05, 0.1) is 17.3 Å². The monoisotopic (exact) mass is 415 g/mol. The number of benzene rings is 1. The zero-order chi connectivity index (χ0) is 21.7. The van der Waals surface area contributed by atoms with E-state index in [2.05, 4.69) is 21.9 Å². The van der Waals surface area contributed by atoms with Crippen molar-refractivity contribution >= 4 is 11.6 Å². The summed E-state index contributed by atoms with van der Waals surface area (Å²) in [6.45, 7) is 5.63. The molecule has 0 spiro atoms. The second-order valence-corrected chi connectivity index (χ2v) is 8.29. The molecule has 8 nitrogen and oxygen atoms in total. The summed E-state index contributed by atoms with van der Waals surface area (Å²) in [7, 11) is 2.05. The average Bonchev–Trinajstić information content (AvgIpc) is 3.31. The Morgan fingerprint density at radius 1 is 1.03 bits per heavy atom. The van der Waals surface area contributed by atoms with Gasteiger partial charge in [0.25, 0.3) is 0 Å². The molecule has 1 unspecified atom stereocenters. The second-order valence-electron chi connectivity index (χ2n) is 8.29. The number of aromatic nitrogens is 5. The Morgan fingerprint density at radius 2 is 1.74 bits per heavy atom. The molecule has 4 aromatic rings. The number of fused-ring (bicyclic) bond motifs is 1. The molecule has 1 atom stereocenters. The van der Waals surface area contributed by atoms with E-state index in [4.69, 9.17) is 10.8 Å². The molecule has 0 amide bonds. The van der Waals surface area contributed by atoms with E-state index in [1.54, 1.807) is 4.68 Å². The fraction of sp³-hybridized carbons (Fsp3) is 0.304. The summed E-state index contributed by atoms with van der Waals surface area (Å²) in [6.07, 6.45) is 0.877. The van der Waals surface area contributed by atoms with E-state index in [0.717, 1.165) is 47.6 Å². The van der Waals surface area contributed by atoms with Crippen LogP contribution in [0.4, 0.5) is 5.95 Å². The molecule has 5 rings (SSSR count). The number of pyridine rings is 1. The molecule has 1 aliphatic rings. The highest BCUT2D eigenvalue weighted by Crippen LogP contribution is 2.35. The SMILES string of the molecule is Cc1cc(-c2c(-c3ccccc3)nc(N)n3c(=O)n(C4CCN(C)C4)nc23)cc(C)n1. The number of hydrogen-bond donors (Lipinski definition) is 1. The fourth-order valence-electron chi connectivity index (χ4n) is 4.48. The molecule has 158 valence electrons. The Morgan fingerprint density at radius 3 is 2.39 bits per heavy atom. The van der Waals surface area contributed by atoms with Gasteiger partial charge in [-0.3, -0.25) is 4.98 Å². The topological polar surface area (TPSA) is 94.3 Å². The van der Waals surface area contributed by atoms with Gasteiger partial charge in [-0.15, -0.1) is 5.10 Å². The zero-order valence-corrected chi connectivity index (χ0v) is 17.9. The van der Waals surface area contributed by atoms with E-state index in [1.165, 1.54) is 4.40 Å². The highest BCUT2D eigenvalue weighted by molar-refractivity contribution is 5.90. The Balaban J connectivity index is 1.86. The van der Waals surface area contributed by atoms with Gasteiger partial charge in [-0.1, -0.05) is 30.3 Å². The van der Waals surface area contributed by atoms with Crippen LogP contribution in [0.2, 0.25) is 0 Å². The molecule has 1 fully saturated rings. The van der Waals surface area contributed by atoms with E-state index in [0.29, 0.717) is 11.3 Å². The summed E-state index contributed by atoms with van der Waals surface area (Å²) < 4.78 is 3.02. The Kier molecular flexibility index (Phi) is 4.59. The van der Waals surface area contributed by atoms with Gasteiger partial charge >= 0.3 is 5.69 Å². The number of aryl methyl sites for hydroxylation is 2. The van der Waals surface area contributed by atoms with Gasteiger partial charge in [-0.05, 0) is 45.0 Å². The normalized spacial score (nSPS) is 16.9. The van der Waals surface area contributed by atoms with Crippen molar-refractivity contribution < 1.29 is 0 Å². The Bertz CT molecular complexity index is 1320. The summed E-state index contributed by atoms with van der Waals surface area (Å²) >= 11 is 0. The molecular formula is C23H25N7O. The zero-order valence-electron chi connectivity index (χ0n) is 17.9. The van der Waals surface area contributed by atoms with Crippen LogP contribution in [-0.2, 0) is 0 Å². The maximum atomic E-state index is 13.3. The number of nitrogens with zero attached hydrogens (tertiary/aromatic N) is 6. The van der Waals surface area contributed by atoms with Gasteiger partial charge in [-0.2, -0.15) is 0 Å². The van der Waals surface area contributed by atoms with Gasteiger partial charge in [-0.25, -0.2) is 18.9 Å². The molecule has 1 saturated heterocycles. The Hall–Kier alpha value is -3.52. The molecule has 31 heavy (non-hydrogen) atoms. The minimum Gasteiger partial charge on any atom is -0.369 e. The predicted octanol–water partition coefficient (Wildman–Crippen LogP) is 2.70. The first-order chi connectivity index (χ1) is 14.9. The van der Waals surface area contributed by atoms with E-state index >= 15 is 0 Å². The second kappa shape index (κ2) is 7.31. The van der Waals surface area contributed by atoms with Gasteiger partial charge in [0.15, 0.2) is 5.65 Å². The number of likely N-dealkylation sites (tertiary alicyclic amines) is 1.